The Kier molecular flexibility index (Phi) is 5.01. The molecule has 1 aromatic heterocycles. The average molecular weight is 269 g/mol. The Bertz CT molecular complexity index is 403. The summed E-state index contributed by atoms with van der Waals surface area (Å²) in [6, 6.07) is 3.07. The van der Waals surface area contributed by atoms with Gasteiger partial charge < -0.3 is 5.73 Å². The Morgan fingerprint density at radius 2 is 2.13 bits per heavy atom. The lowest BCUT2D eigenvalue weighted by atomic mass is 10.3. The number of nitrogens with two attached hydrogens (primary N) is 1. The molecular weight excluding hydrogens is 256 g/mol. The molecule has 0 atom stereocenters. The number of unbranched alkanes of at least 4 members (excludes halogenated alkanes) is 1. The second kappa shape index (κ2) is 5.81. The first-order valence-corrected chi connectivity index (χ1v) is 7.19. The maximum absolute atomic E-state index is 11.6. The lowest BCUT2D eigenvalue weighted by molar-refractivity contribution is 0.579. The van der Waals surface area contributed by atoms with E-state index in [2.05, 4.69) is 4.72 Å². The van der Waals surface area contributed by atoms with E-state index in [1.165, 1.54) is 6.07 Å². The highest BCUT2D eigenvalue weighted by molar-refractivity contribution is 7.91. The van der Waals surface area contributed by atoms with Crippen LogP contribution in [0.15, 0.2) is 16.3 Å². The maximum atomic E-state index is 11.6. The van der Waals surface area contributed by atoms with Gasteiger partial charge in [0.15, 0.2) is 0 Å². The summed E-state index contributed by atoms with van der Waals surface area (Å²) in [4.78, 5) is 0. The van der Waals surface area contributed by atoms with Crippen LogP contribution in [0.5, 0.6) is 0 Å². The van der Waals surface area contributed by atoms with Crippen molar-refractivity contribution in [2.75, 3.05) is 13.1 Å². The van der Waals surface area contributed by atoms with Crippen molar-refractivity contribution in [3.05, 3.63) is 16.5 Å². The Balaban J connectivity index is 2.53. The number of hydrogen-bond acceptors (Lipinski definition) is 4. The third-order valence-electron chi connectivity index (χ3n) is 1.74. The first-order valence-electron chi connectivity index (χ1n) is 4.51. The molecule has 86 valence electrons. The molecule has 0 aliphatic heterocycles. The predicted octanol–water partition coefficient (Wildman–Crippen LogP) is 1.42. The van der Waals surface area contributed by atoms with E-state index in [0.717, 1.165) is 24.2 Å². The number of nitrogens with one attached hydrogen (secondary N) is 1. The van der Waals surface area contributed by atoms with Crippen molar-refractivity contribution in [1.82, 2.24) is 4.72 Å². The monoisotopic (exact) mass is 268 g/mol. The number of halogens is 1. The van der Waals surface area contributed by atoms with Crippen LogP contribution < -0.4 is 10.5 Å². The molecule has 1 aromatic rings. The lowest BCUT2D eigenvalue weighted by Crippen LogP contribution is -2.24. The van der Waals surface area contributed by atoms with Crippen LogP contribution in [0.2, 0.25) is 4.34 Å². The van der Waals surface area contributed by atoms with Gasteiger partial charge in [0.05, 0.1) is 4.34 Å². The lowest BCUT2D eigenvalue weighted by Gasteiger charge is -2.03. The van der Waals surface area contributed by atoms with Gasteiger partial charge in [0.25, 0.3) is 0 Å². The standard InChI is InChI=1S/C8H13ClN2O2S2/c9-7-3-4-8(14-7)15(12,13)11-6-2-1-5-10/h3-4,11H,1-2,5-6,10H2. The molecular formula is C8H13ClN2O2S2. The molecule has 0 aliphatic rings. The van der Waals surface area contributed by atoms with E-state index in [9.17, 15) is 8.42 Å². The second-order valence-corrected chi connectivity index (χ2v) is 6.66. The smallest absolute Gasteiger partial charge is 0.250 e. The largest absolute Gasteiger partial charge is 0.330 e. The summed E-state index contributed by atoms with van der Waals surface area (Å²) in [7, 11) is -3.38. The summed E-state index contributed by atoms with van der Waals surface area (Å²) < 4.78 is 26.4. The van der Waals surface area contributed by atoms with E-state index >= 15 is 0 Å². The first-order chi connectivity index (χ1) is 7.06. The van der Waals surface area contributed by atoms with Gasteiger partial charge in [-0.05, 0) is 31.5 Å². The Labute approximate surface area is 98.5 Å². The fraction of sp³-hybridized carbons (Fsp3) is 0.500. The third-order valence-corrected chi connectivity index (χ3v) is 4.92. The number of sulfonamides is 1. The van der Waals surface area contributed by atoms with E-state index in [-0.39, 0.29) is 4.21 Å². The number of thiophene rings is 1. The molecule has 0 amide bonds. The second-order valence-electron chi connectivity index (χ2n) is 2.95. The molecule has 0 saturated heterocycles. The molecule has 0 spiro atoms. The van der Waals surface area contributed by atoms with Crippen LogP contribution in [0.25, 0.3) is 0 Å². The van der Waals surface area contributed by atoms with Crippen molar-refractivity contribution in [2.24, 2.45) is 5.73 Å². The summed E-state index contributed by atoms with van der Waals surface area (Å²) in [6.45, 7) is 0.988. The van der Waals surface area contributed by atoms with Crippen molar-refractivity contribution >= 4 is 33.0 Å². The molecule has 1 heterocycles. The molecule has 1 rings (SSSR count). The van der Waals surface area contributed by atoms with E-state index in [4.69, 9.17) is 17.3 Å². The van der Waals surface area contributed by atoms with E-state index < -0.39 is 10.0 Å². The molecule has 4 nitrogen and oxygen atoms in total. The molecule has 15 heavy (non-hydrogen) atoms. The first kappa shape index (κ1) is 12.9. The van der Waals surface area contributed by atoms with Crippen molar-refractivity contribution in [3.8, 4) is 0 Å². The maximum Gasteiger partial charge on any atom is 0.250 e. The number of rotatable bonds is 6. The summed E-state index contributed by atoms with van der Waals surface area (Å²) in [5, 5.41) is 0. The quantitative estimate of drug-likeness (QED) is 0.767. The van der Waals surface area contributed by atoms with Gasteiger partial charge in [0, 0.05) is 6.54 Å². The highest BCUT2D eigenvalue weighted by atomic mass is 35.5. The van der Waals surface area contributed by atoms with Gasteiger partial charge in [-0.2, -0.15) is 0 Å². The topological polar surface area (TPSA) is 72.2 Å². The van der Waals surface area contributed by atoms with E-state index in [1.54, 1.807) is 6.07 Å². The van der Waals surface area contributed by atoms with Crippen molar-refractivity contribution in [2.45, 2.75) is 17.1 Å². The fourth-order valence-corrected chi connectivity index (χ4v) is 3.59. The molecule has 7 heteroatoms. The van der Waals surface area contributed by atoms with Crippen LogP contribution in [-0.4, -0.2) is 21.5 Å². The zero-order chi connectivity index (χ0) is 11.3. The van der Waals surface area contributed by atoms with Gasteiger partial charge in [-0.3, -0.25) is 0 Å². The molecule has 0 fully saturated rings. The summed E-state index contributed by atoms with van der Waals surface area (Å²) in [5.74, 6) is 0. The van der Waals surface area contributed by atoms with Gasteiger partial charge in [-0.1, -0.05) is 11.6 Å². The molecule has 0 aliphatic carbocycles. The zero-order valence-corrected chi connectivity index (χ0v) is 10.5. The highest BCUT2D eigenvalue weighted by Crippen LogP contribution is 2.25. The normalized spacial score (nSPS) is 11.9. The molecule has 0 bridgehead atoms. The van der Waals surface area contributed by atoms with Gasteiger partial charge in [-0.25, -0.2) is 13.1 Å². The molecule has 0 unspecified atom stereocenters. The minimum absolute atomic E-state index is 0.250. The van der Waals surface area contributed by atoms with Crippen molar-refractivity contribution in [3.63, 3.8) is 0 Å². The van der Waals surface area contributed by atoms with Gasteiger partial charge in [0.2, 0.25) is 10.0 Å². The fourth-order valence-electron chi connectivity index (χ4n) is 0.989. The molecule has 0 aromatic carbocycles. The van der Waals surface area contributed by atoms with Gasteiger partial charge >= 0.3 is 0 Å². The SMILES string of the molecule is NCCCCNS(=O)(=O)c1ccc(Cl)s1. The van der Waals surface area contributed by atoms with Crippen LogP contribution in [0, 0.1) is 0 Å². The minimum Gasteiger partial charge on any atom is -0.330 e. The van der Waals surface area contributed by atoms with Crippen LogP contribution >= 0.6 is 22.9 Å². The zero-order valence-electron chi connectivity index (χ0n) is 8.07. The van der Waals surface area contributed by atoms with Crippen LogP contribution in [0.4, 0.5) is 0 Å². The Hall–Kier alpha value is -0.140. The Morgan fingerprint density at radius 3 is 2.67 bits per heavy atom. The molecule has 0 radical (unpaired) electrons. The predicted molar refractivity (Wildman–Crippen MR) is 62.8 cm³/mol. The number of hydrogen-bond donors (Lipinski definition) is 2. The summed E-state index contributed by atoms with van der Waals surface area (Å²) in [5.41, 5.74) is 5.30. The van der Waals surface area contributed by atoms with Crippen molar-refractivity contribution < 1.29 is 8.42 Å². The summed E-state index contributed by atoms with van der Waals surface area (Å²) >= 11 is 6.71. The van der Waals surface area contributed by atoms with Crippen LogP contribution in [-0.2, 0) is 10.0 Å². The molecule has 0 saturated carbocycles. The van der Waals surface area contributed by atoms with Gasteiger partial charge in [0.1, 0.15) is 4.21 Å². The Morgan fingerprint density at radius 1 is 1.40 bits per heavy atom. The van der Waals surface area contributed by atoms with E-state index in [1.807, 2.05) is 0 Å². The van der Waals surface area contributed by atoms with Crippen molar-refractivity contribution in [1.29, 1.82) is 0 Å². The third kappa shape index (κ3) is 4.08. The van der Waals surface area contributed by atoms with Gasteiger partial charge in [-0.15, -0.1) is 11.3 Å². The average Bonchev–Trinajstić information content (AvgIpc) is 2.60. The van der Waals surface area contributed by atoms with Crippen LogP contribution in [0.1, 0.15) is 12.8 Å². The molecule has 3 N–H and O–H groups in total. The van der Waals surface area contributed by atoms with E-state index in [0.29, 0.717) is 17.4 Å². The van der Waals surface area contributed by atoms with Crippen LogP contribution in [0.3, 0.4) is 0 Å². The highest BCUT2D eigenvalue weighted by Gasteiger charge is 2.15. The minimum atomic E-state index is -3.38. The summed E-state index contributed by atoms with van der Waals surface area (Å²) in [6.07, 6.45) is 1.56.